The molecule has 13 rings (SSSR count). The zero-order chi connectivity index (χ0) is 41.4. The summed E-state index contributed by atoms with van der Waals surface area (Å²) in [7, 11) is 0. The third-order valence-electron chi connectivity index (χ3n) is 12.7. The first-order valence-electron chi connectivity index (χ1n) is 21.3. The van der Waals surface area contributed by atoms with E-state index < -0.39 is 0 Å². The molecule has 0 bridgehead atoms. The molecule has 0 aliphatic heterocycles. The van der Waals surface area contributed by atoms with E-state index in [9.17, 15) is 0 Å². The third-order valence-corrected chi connectivity index (χ3v) is 12.7. The Morgan fingerprint density at radius 3 is 1.63 bits per heavy atom. The number of rotatable bonds is 5. The minimum absolute atomic E-state index is 0.619. The Labute approximate surface area is 362 Å². The van der Waals surface area contributed by atoms with Crippen LogP contribution in [-0.4, -0.2) is 15.0 Å². The summed E-state index contributed by atoms with van der Waals surface area (Å²) in [6.45, 7) is 0. The third kappa shape index (κ3) is 5.73. The first-order chi connectivity index (χ1) is 31.2. The van der Waals surface area contributed by atoms with Gasteiger partial charge in [0.1, 0.15) is 11.2 Å². The maximum Gasteiger partial charge on any atom is 0.164 e. The van der Waals surface area contributed by atoms with Crippen LogP contribution in [-0.2, 0) is 0 Å². The van der Waals surface area contributed by atoms with E-state index in [-0.39, 0.29) is 0 Å². The van der Waals surface area contributed by atoms with E-state index >= 15 is 0 Å². The Bertz CT molecular complexity index is 3980. The minimum atomic E-state index is 0.619. The van der Waals surface area contributed by atoms with E-state index in [1.807, 2.05) is 6.07 Å². The van der Waals surface area contributed by atoms with Crippen LogP contribution >= 0.6 is 0 Å². The molecule has 0 N–H and O–H groups in total. The molecule has 0 spiro atoms. The standard InChI is InChI=1S/C59H35N3O/c1-2-13-36(14-3-1)39-31-32-51-55(35-39)63-54-26-12-24-49(56(51)54)46-22-10-23-47-45(46)21-11-25-50(47)58-60-57(41-30-29-38-28-27-37-15-4-6-17-42(37)52(38)34-41)61-59(62-58)53-33-40-16-5-7-18-43(40)44-19-8-9-20-48(44)53/h1-35H. The van der Waals surface area contributed by atoms with E-state index in [0.717, 1.165) is 87.8 Å². The van der Waals surface area contributed by atoms with Crippen molar-refractivity contribution in [3.8, 4) is 56.4 Å². The van der Waals surface area contributed by atoms with Crippen LogP contribution in [0.4, 0.5) is 0 Å². The summed E-state index contributed by atoms with van der Waals surface area (Å²) in [6, 6.07) is 75.2. The van der Waals surface area contributed by atoms with Crippen LogP contribution in [0.3, 0.4) is 0 Å². The van der Waals surface area contributed by atoms with Gasteiger partial charge in [0, 0.05) is 27.5 Å². The summed E-state index contributed by atoms with van der Waals surface area (Å²) in [5.41, 5.74) is 9.09. The van der Waals surface area contributed by atoms with Crippen LogP contribution in [0.2, 0.25) is 0 Å². The number of fused-ring (bicyclic) bond motifs is 10. The quantitative estimate of drug-likeness (QED) is 0.163. The SMILES string of the molecule is c1ccc(-c2ccc3c(c2)oc2cccc(-c4cccc5c(-c6nc(-c7ccc8ccc9ccccc9c8c7)nc(-c7cc8ccccc8c8ccccc78)n6)cccc45)c23)cc1. The normalized spacial score (nSPS) is 11.8. The summed E-state index contributed by atoms with van der Waals surface area (Å²) >= 11 is 0. The average molecular weight is 802 g/mol. The summed E-state index contributed by atoms with van der Waals surface area (Å²) in [4.78, 5) is 16.1. The van der Waals surface area contributed by atoms with E-state index in [1.165, 1.54) is 26.9 Å². The molecule has 292 valence electrons. The Hall–Kier alpha value is -8.47. The molecule has 4 heteroatoms. The molecule has 0 saturated heterocycles. The molecule has 11 aromatic carbocycles. The Kier molecular flexibility index (Phi) is 7.87. The van der Waals surface area contributed by atoms with E-state index in [2.05, 4.69) is 206 Å². The van der Waals surface area contributed by atoms with Gasteiger partial charge in [-0.3, -0.25) is 0 Å². The van der Waals surface area contributed by atoms with Gasteiger partial charge < -0.3 is 4.42 Å². The molecule has 0 unspecified atom stereocenters. The van der Waals surface area contributed by atoms with Crippen molar-refractivity contribution in [1.29, 1.82) is 0 Å². The number of benzene rings is 11. The fraction of sp³-hybridized carbons (Fsp3) is 0. The van der Waals surface area contributed by atoms with E-state index in [4.69, 9.17) is 19.4 Å². The van der Waals surface area contributed by atoms with Crippen molar-refractivity contribution < 1.29 is 4.42 Å². The highest BCUT2D eigenvalue weighted by atomic mass is 16.3. The van der Waals surface area contributed by atoms with Gasteiger partial charge in [0.05, 0.1) is 0 Å². The van der Waals surface area contributed by atoms with Crippen molar-refractivity contribution in [1.82, 2.24) is 15.0 Å². The maximum atomic E-state index is 6.57. The molecule has 2 aromatic heterocycles. The van der Waals surface area contributed by atoms with Gasteiger partial charge in [-0.25, -0.2) is 15.0 Å². The maximum absolute atomic E-state index is 6.57. The smallest absolute Gasteiger partial charge is 0.164 e. The van der Waals surface area contributed by atoms with Crippen LogP contribution < -0.4 is 0 Å². The second-order valence-corrected chi connectivity index (χ2v) is 16.3. The topological polar surface area (TPSA) is 51.8 Å². The molecule has 0 amide bonds. The molecule has 0 aliphatic rings. The molecular formula is C59H35N3O. The molecule has 0 aliphatic carbocycles. The predicted molar refractivity (Wildman–Crippen MR) is 262 cm³/mol. The van der Waals surface area contributed by atoms with E-state index in [1.54, 1.807) is 0 Å². The number of nitrogens with zero attached hydrogens (tertiary/aromatic N) is 3. The Morgan fingerprint density at radius 1 is 0.254 bits per heavy atom. The van der Waals surface area contributed by atoms with Crippen LogP contribution in [0.25, 0.3) is 132 Å². The van der Waals surface area contributed by atoms with Crippen LogP contribution in [0, 0.1) is 0 Å². The van der Waals surface area contributed by atoms with Gasteiger partial charge in [-0.05, 0) is 106 Å². The molecule has 4 nitrogen and oxygen atoms in total. The van der Waals surface area contributed by atoms with Gasteiger partial charge in [0.25, 0.3) is 0 Å². The predicted octanol–water partition coefficient (Wildman–Crippen LogP) is 15.9. The van der Waals surface area contributed by atoms with Gasteiger partial charge in [-0.2, -0.15) is 0 Å². The van der Waals surface area contributed by atoms with Crippen molar-refractivity contribution in [2.24, 2.45) is 0 Å². The minimum Gasteiger partial charge on any atom is -0.456 e. The van der Waals surface area contributed by atoms with E-state index in [0.29, 0.717) is 17.5 Å². The molecule has 0 fully saturated rings. The summed E-state index contributed by atoms with van der Waals surface area (Å²) in [5.74, 6) is 1.88. The number of hydrogen-bond donors (Lipinski definition) is 0. The van der Waals surface area contributed by atoms with Gasteiger partial charge in [-0.15, -0.1) is 0 Å². The molecule has 2 heterocycles. The fourth-order valence-corrected chi connectivity index (χ4v) is 9.73. The first-order valence-corrected chi connectivity index (χ1v) is 21.3. The molecule has 0 radical (unpaired) electrons. The highest BCUT2D eigenvalue weighted by molar-refractivity contribution is 6.17. The largest absolute Gasteiger partial charge is 0.456 e. The van der Waals surface area contributed by atoms with Crippen molar-refractivity contribution in [2.75, 3.05) is 0 Å². The summed E-state index contributed by atoms with van der Waals surface area (Å²) in [6.07, 6.45) is 0. The highest BCUT2D eigenvalue weighted by Crippen LogP contribution is 2.43. The lowest BCUT2D eigenvalue weighted by Crippen LogP contribution is -2.01. The van der Waals surface area contributed by atoms with Gasteiger partial charge in [0.15, 0.2) is 17.5 Å². The number of aromatic nitrogens is 3. The summed E-state index contributed by atoms with van der Waals surface area (Å²) < 4.78 is 6.57. The summed E-state index contributed by atoms with van der Waals surface area (Å²) in [5, 5.41) is 13.7. The zero-order valence-corrected chi connectivity index (χ0v) is 34.0. The first kappa shape index (κ1) is 35.3. The molecule has 0 saturated carbocycles. The highest BCUT2D eigenvalue weighted by Gasteiger charge is 2.20. The Morgan fingerprint density at radius 2 is 0.810 bits per heavy atom. The second-order valence-electron chi connectivity index (χ2n) is 16.3. The molecule has 13 aromatic rings. The van der Waals surface area contributed by atoms with Gasteiger partial charge >= 0.3 is 0 Å². The lowest BCUT2D eigenvalue weighted by atomic mass is 9.92. The number of furan rings is 1. The number of hydrogen-bond acceptors (Lipinski definition) is 4. The second kappa shape index (κ2) is 14.1. The van der Waals surface area contributed by atoms with Crippen molar-refractivity contribution in [3.05, 3.63) is 212 Å². The average Bonchev–Trinajstić information content (AvgIpc) is 3.74. The van der Waals surface area contributed by atoms with Gasteiger partial charge in [0.2, 0.25) is 0 Å². The molecular weight excluding hydrogens is 767 g/mol. The Balaban J connectivity index is 1.03. The van der Waals surface area contributed by atoms with Crippen LogP contribution in [0.5, 0.6) is 0 Å². The molecule has 63 heavy (non-hydrogen) atoms. The van der Waals surface area contributed by atoms with Crippen molar-refractivity contribution in [2.45, 2.75) is 0 Å². The monoisotopic (exact) mass is 801 g/mol. The van der Waals surface area contributed by atoms with Crippen LogP contribution in [0.15, 0.2) is 217 Å². The van der Waals surface area contributed by atoms with Crippen molar-refractivity contribution in [3.63, 3.8) is 0 Å². The lowest BCUT2D eigenvalue weighted by Gasteiger charge is -2.14. The van der Waals surface area contributed by atoms with Gasteiger partial charge in [-0.1, -0.05) is 182 Å². The fourth-order valence-electron chi connectivity index (χ4n) is 9.73. The van der Waals surface area contributed by atoms with Crippen molar-refractivity contribution >= 4 is 75.8 Å². The van der Waals surface area contributed by atoms with Crippen LogP contribution in [0.1, 0.15) is 0 Å². The molecule has 0 atom stereocenters. The zero-order valence-electron chi connectivity index (χ0n) is 34.0. The lowest BCUT2D eigenvalue weighted by molar-refractivity contribution is 0.669.